The fourth-order valence-corrected chi connectivity index (χ4v) is 1.91. The van der Waals surface area contributed by atoms with Crippen LogP contribution in [0.5, 0.6) is 0 Å². The Hall–Kier alpha value is -0.610. The fourth-order valence-electron chi connectivity index (χ4n) is 1.39. The van der Waals surface area contributed by atoms with Crippen molar-refractivity contribution in [1.82, 2.24) is 9.97 Å². The number of hydrogen-bond acceptors (Lipinski definition) is 4. The molecule has 0 bridgehead atoms. The summed E-state index contributed by atoms with van der Waals surface area (Å²) in [5.41, 5.74) is 7.85. The van der Waals surface area contributed by atoms with Gasteiger partial charge in [-0.1, -0.05) is 6.92 Å². The maximum Gasteiger partial charge on any atom is 0.138 e. The van der Waals surface area contributed by atoms with Gasteiger partial charge in [-0.2, -0.15) is 11.8 Å². The highest BCUT2D eigenvalue weighted by Crippen LogP contribution is 2.10. The van der Waals surface area contributed by atoms with Gasteiger partial charge >= 0.3 is 0 Å². The van der Waals surface area contributed by atoms with E-state index in [2.05, 4.69) is 16.9 Å². The maximum absolute atomic E-state index is 5.76. The number of nitrogens with two attached hydrogens (primary N) is 1. The highest BCUT2D eigenvalue weighted by atomic mass is 32.2. The average molecular weight is 225 g/mol. The lowest BCUT2D eigenvalue weighted by Gasteiger charge is -2.07. The van der Waals surface area contributed by atoms with E-state index in [9.17, 15) is 0 Å². The van der Waals surface area contributed by atoms with E-state index in [1.54, 1.807) is 0 Å². The van der Waals surface area contributed by atoms with Crippen LogP contribution < -0.4 is 5.73 Å². The number of hydrogen-bond donors (Lipinski definition) is 1. The van der Waals surface area contributed by atoms with Gasteiger partial charge < -0.3 is 5.73 Å². The zero-order valence-electron chi connectivity index (χ0n) is 9.66. The molecule has 0 saturated carbocycles. The largest absolute Gasteiger partial charge is 0.328 e. The van der Waals surface area contributed by atoms with Crippen molar-refractivity contribution in [2.45, 2.75) is 39.0 Å². The Balaban J connectivity index is 2.75. The Labute approximate surface area is 95.9 Å². The Morgan fingerprint density at radius 2 is 2.20 bits per heavy atom. The minimum atomic E-state index is 0.158. The van der Waals surface area contributed by atoms with Crippen LogP contribution in [0.15, 0.2) is 6.07 Å². The molecule has 0 amide bonds. The van der Waals surface area contributed by atoms with Crippen molar-refractivity contribution in [1.29, 1.82) is 0 Å². The van der Waals surface area contributed by atoms with Crippen LogP contribution in [0.4, 0.5) is 0 Å². The van der Waals surface area contributed by atoms with Gasteiger partial charge in [-0.05, 0) is 25.7 Å². The second-order valence-electron chi connectivity index (χ2n) is 3.74. The lowest BCUT2D eigenvalue weighted by molar-refractivity contribution is 0.713. The molecule has 3 nitrogen and oxygen atoms in total. The predicted molar refractivity (Wildman–Crippen MR) is 66.0 cm³/mol. The van der Waals surface area contributed by atoms with Gasteiger partial charge in [0.15, 0.2) is 0 Å². The Morgan fingerprint density at radius 3 is 2.80 bits per heavy atom. The number of aromatic nitrogens is 2. The third-order valence-corrected chi connectivity index (χ3v) is 2.79. The average Bonchev–Trinajstić information content (AvgIpc) is 2.12. The SMILES string of the molecule is CCSCc1nc(C)cc(CC(C)N)n1. The molecule has 0 aliphatic rings. The zero-order chi connectivity index (χ0) is 11.3. The highest BCUT2D eigenvalue weighted by Gasteiger charge is 2.04. The maximum atomic E-state index is 5.76. The van der Waals surface area contributed by atoms with Crippen molar-refractivity contribution >= 4 is 11.8 Å². The van der Waals surface area contributed by atoms with Gasteiger partial charge in [-0.25, -0.2) is 9.97 Å². The zero-order valence-corrected chi connectivity index (χ0v) is 10.5. The summed E-state index contributed by atoms with van der Waals surface area (Å²) in [6.45, 7) is 6.15. The number of aryl methyl sites for hydroxylation is 1. The molecule has 15 heavy (non-hydrogen) atoms. The van der Waals surface area contributed by atoms with Crippen molar-refractivity contribution in [3.05, 3.63) is 23.3 Å². The van der Waals surface area contributed by atoms with Gasteiger partial charge in [0.05, 0.1) is 5.75 Å². The van der Waals surface area contributed by atoms with Crippen LogP contribution in [0.3, 0.4) is 0 Å². The van der Waals surface area contributed by atoms with E-state index in [1.807, 2.05) is 31.7 Å². The minimum Gasteiger partial charge on any atom is -0.328 e. The standard InChI is InChI=1S/C11H19N3S/c1-4-15-7-11-13-9(3)6-10(14-11)5-8(2)12/h6,8H,4-5,7,12H2,1-3H3. The molecule has 0 aromatic carbocycles. The van der Waals surface area contributed by atoms with E-state index in [1.165, 1.54) is 0 Å². The molecule has 4 heteroatoms. The normalized spacial score (nSPS) is 12.8. The van der Waals surface area contributed by atoms with Gasteiger partial charge in [-0.3, -0.25) is 0 Å². The lowest BCUT2D eigenvalue weighted by Crippen LogP contribution is -2.19. The fraction of sp³-hybridized carbons (Fsp3) is 0.636. The van der Waals surface area contributed by atoms with E-state index in [-0.39, 0.29) is 6.04 Å². The number of rotatable bonds is 5. The summed E-state index contributed by atoms with van der Waals surface area (Å²) in [7, 11) is 0. The molecular weight excluding hydrogens is 206 g/mol. The summed E-state index contributed by atoms with van der Waals surface area (Å²) in [5, 5.41) is 0. The molecule has 2 N–H and O–H groups in total. The molecule has 0 saturated heterocycles. The molecule has 1 heterocycles. The van der Waals surface area contributed by atoms with E-state index in [0.717, 1.165) is 35.1 Å². The Bertz CT molecular complexity index is 313. The van der Waals surface area contributed by atoms with Crippen molar-refractivity contribution in [2.75, 3.05) is 5.75 Å². The molecule has 0 fully saturated rings. The van der Waals surface area contributed by atoms with E-state index >= 15 is 0 Å². The van der Waals surface area contributed by atoms with Gasteiger partial charge in [0.25, 0.3) is 0 Å². The van der Waals surface area contributed by atoms with Crippen LogP contribution in [0, 0.1) is 6.92 Å². The second kappa shape index (κ2) is 6.08. The topological polar surface area (TPSA) is 51.8 Å². The summed E-state index contributed by atoms with van der Waals surface area (Å²) in [4.78, 5) is 8.91. The predicted octanol–water partition coefficient (Wildman–Crippen LogP) is 1.93. The monoisotopic (exact) mass is 225 g/mol. The molecule has 0 radical (unpaired) electrons. The molecule has 0 spiro atoms. The molecule has 0 aliphatic carbocycles. The summed E-state index contributed by atoms with van der Waals surface area (Å²) in [6.07, 6.45) is 0.827. The molecule has 84 valence electrons. The molecule has 1 aromatic heterocycles. The molecule has 1 aromatic rings. The quantitative estimate of drug-likeness (QED) is 0.832. The first kappa shape index (κ1) is 12.5. The van der Waals surface area contributed by atoms with Crippen LogP contribution in [0.1, 0.15) is 31.1 Å². The number of nitrogens with zero attached hydrogens (tertiary/aromatic N) is 2. The van der Waals surface area contributed by atoms with Crippen molar-refractivity contribution < 1.29 is 0 Å². The summed E-state index contributed by atoms with van der Waals surface area (Å²) < 4.78 is 0. The summed E-state index contributed by atoms with van der Waals surface area (Å²) in [6, 6.07) is 2.18. The Kier molecular flexibility index (Phi) is 5.05. The highest BCUT2D eigenvalue weighted by molar-refractivity contribution is 7.98. The smallest absolute Gasteiger partial charge is 0.138 e. The number of thioether (sulfide) groups is 1. The molecule has 1 rings (SSSR count). The molecular formula is C11H19N3S. The van der Waals surface area contributed by atoms with Gasteiger partial charge in [0.2, 0.25) is 0 Å². The van der Waals surface area contributed by atoms with Crippen molar-refractivity contribution in [2.24, 2.45) is 5.73 Å². The summed E-state index contributed by atoms with van der Waals surface area (Å²) in [5.74, 6) is 2.92. The van der Waals surface area contributed by atoms with Crippen LogP contribution in [-0.4, -0.2) is 21.8 Å². The third kappa shape index (κ3) is 4.62. The van der Waals surface area contributed by atoms with E-state index in [4.69, 9.17) is 5.73 Å². The molecule has 0 aliphatic heterocycles. The lowest BCUT2D eigenvalue weighted by atomic mass is 10.2. The second-order valence-corrected chi connectivity index (χ2v) is 5.01. The third-order valence-electron chi connectivity index (χ3n) is 1.92. The first-order valence-corrected chi connectivity index (χ1v) is 6.44. The van der Waals surface area contributed by atoms with Gasteiger partial charge in [-0.15, -0.1) is 0 Å². The summed E-state index contributed by atoms with van der Waals surface area (Å²) >= 11 is 1.84. The van der Waals surface area contributed by atoms with Crippen LogP contribution in [-0.2, 0) is 12.2 Å². The Morgan fingerprint density at radius 1 is 1.47 bits per heavy atom. The van der Waals surface area contributed by atoms with Gasteiger partial charge in [0.1, 0.15) is 5.82 Å². The van der Waals surface area contributed by atoms with Crippen molar-refractivity contribution in [3.63, 3.8) is 0 Å². The van der Waals surface area contributed by atoms with Crippen LogP contribution in [0.25, 0.3) is 0 Å². The van der Waals surface area contributed by atoms with Crippen molar-refractivity contribution in [3.8, 4) is 0 Å². The molecule has 1 unspecified atom stereocenters. The van der Waals surface area contributed by atoms with E-state index < -0.39 is 0 Å². The molecule has 1 atom stereocenters. The van der Waals surface area contributed by atoms with Crippen LogP contribution in [0.2, 0.25) is 0 Å². The van der Waals surface area contributed by atoms with Crippen LogP contribution >= 0.6 is 11.8 Å². The first-order chi connectivity index (χ1) is 7.11. The van der Waals surface area contributed by atoms with E-state index in [0.29, 0.717) is 0 Å². The minimum absolute atomic E-state index is 0.158. The van der Waals surface area contributed by atoms with Gasteiger partial charge in [0, 0.05) is 23.9 Å². The first-order valence-electron chi connectivity index (χ1n) is 5.28.